The van der Waals surface area contributed by atoms with Gasteiger partial charge in [-0.25, -0.2) is 14.6 Å². The Morgan fingerprint density at radius 2 is 1.88 bits per heavy atom. The van der Waals surface area contributed by atoms with Gasteiger partial charge < -0.3 is 40.3 Å². The lowest BCUT2D eigenvalue weighted by Crippen LogP contribution is -2.52. The van der Waals surface area contributed by atoms with E-state index in [1.807, 2.05) is 0 Å². The van der Waals surface area contributed by atoms with E-state index in [2.05, 4.69) is 26.2 Å². The first-order valence-corrected chi connectivity index (χ1v) is 12.3. The number of hydrogen-bond acceptors (Lipinski definition) is 11. The van der Waals surface area contributed by atoms with E-state index in [1.165, 1.54) is 10.9 Å². The molecular weight excluding hydrogens is 550 g/mol. The lowest BCUT2D eigenvalue weighted by Gasteiger charge is -2.30. The number of carboxylic acids is 2. The summed E-state index contributed by atoms with van der Waals surface area (Å²) in [6, 6.07) is 8.01. The van der Waals surface area contributed by atoms with Crippen LogP contribution in [0.3, 0.4) is 0 Å². The summed E-state index contributed by atoms with van der Waals surface area (Å²) in [5, 5.41) is 52.4. The zero-order valence-corrected chi connectivity index (χ0v) is 22.0. The number of benzene rings is 1. The Morgan fingerprint density at radius 1 is 1.20 bits per heavy atom. The highest BCUT2D eigenvalue weighted by Gasteiger charge is 2.49. The second-order valence-electron chi connectivity index (χ2n) is 8.75. The highest BCUT2D eigenvalue weighted by Crippen LogP contribution is 2.27. The zero-order chi connectivity index (χ0) is 29.4. The highest BCUT2D eigenvalue weighted by atomic mass is 35.5. The number of hydrogen-bond donors (Lipinski definition) is 6. The monoisotopic (exact) mass is 577 g/mol. The summed E-state index contributed by atoms with van der Waals surface area (Å²) in [5.74, 6) is -1.23. The van der Waals surface area contributed by atoms with Crippen LogP contribution in [0.25, 0.3) is 11.2 Å². The fourth-order valence-electron chi connectivity index (χ4n) is 3.69. The number of anilines is 1. The van der Waals surface area contributed by atoms with Crippen LogP contribution < -0.4 is 5.32 Å². The van der Waals surface area contributed by atoms with Gasteiger partial charge in [0.15, 0.2) is 29.3 Å². The van der Waals surface area contributed by atoms with Gasteiger partial charge in [0.05, 0.1) is 25.6 Å². The van der Waals surface area contributed by atoms with Crippen molar-refractivity contribution < 1.29 is 44.6 Å². The second-order valence-corrected chi connectivity index (χ2v) is 9.09. The van der Waals surface area contributed by atoms with Crippen LogP contribution in [0.4, 0.5) is 5.82 Å². The summed E-state index contributed by atoms with van der Waals surface area (Å²) in [6.45, 7) is 0.195. The van der Waals surface area contributed by atoms with Gasteiger partial charge in [0.25, 0.3) is 5.60 Å². The molecule has 0 fully saturated rings. The normalized spacial score (nSPS) is 14.7. The molecule has 3 aromatic rings. The molecule has 0 bridgehead atoms. The number of terminal acetylenes is 1. The molecule has 0 aliphatic rings. The summed E-state index contributed by atoms with van der Waals surface area (Å²) < 4.78 is 12.4. The molecule has 0 radical (unpaired) electrons. The smallest absolute Gasteiger partial charge is 0.348 e. The van der Waals surface area contributed by atoms with Crippen molar-refractivity contribution in [2.75, 3.05) is 25.1 Å². The minimum absolute atomic E-state index is 0.0690. The van der Waals surface area contributed by atoms with Crippen LogP contribution in [-0.2, 0) is 25.5 Å². The topological polar surface area (TPSA) is 209 Å². The molecule has 0 amide bonds. The molecule has 0 unspecified atom stereocenters. The predicted octanol–water partition coefficient (Wildman–Crippen LogP) is 0.310. The largest absolute Gasteiger partial charge is 0.479 e. The van der Waals surface area contributed by atoms with E-state index in [0.717, 1.165) is 0 Å². The van der Waals surface area contributed by atoms with E-state index in [4.69, 9.17) is 27.5 Å². The lowest BCUT2D eigenvalue weighted by atomic mass is 9.94. The van der Waals surface area contributed by atoms with Gasteiger partial charge in [-0.15, -0.1) is 6.42 Å². The van der Waals surface area contributed by atoms with Crippen molar-refractivity contribution in [3.05, 3.63) is 47.5 Å². The van der Waals surface area contributed by atoms with E-state index in [-0.39, 0.29) is 28.8 Å². The molecule has 4 atom stereocenters. The number of carboxylic acid groups (broad SMARTS) is 2. The van der Waals surface area contributed by atoms with Crippen LogP contribution in [0.1, 0.15) is 18.7 Å². The van der Waals surface area contributed by atoms with E-state index < -0.39 is 61.7 Å². The number of aliphatic hydroxyl groups excluding tert-OH is 3. The average molecular weight is 578 g/mol. The Labute approximate surface area is 233 Å². The Hall–Kier alpha value is -3.84. The van der Waals surface area contributed by atoms with Crippen LogP contribution in [0.5, 0.6) is 0 Å². The van der Waals surface area contributed by atoms with Crippen LogP contribution >= 0.6 is 11.6 Å². The maximum atomic E-state index is 12.1. The molecule has 40 heavy (non-hydrogen) atoms. The fraction of sp³-hybridized carbons (Fsp3) is 0.400. The van der Waals surface area contributed by atoms with Crippen LogP contribution in [0, 0.1) is 12.3 Å². The van der Waals surface area contributed by atoms with Gasteiger partial charge in [0.1, 0.15) is 6.10 Å². The molecule has 0 saturated carbocycles. The number of halogens is 1. The minimum Gasteiger partial charge on any atom is -0.479 e. The van der Waals surface area contributed by atoms with Gasteiger partial charge in [-0.05, 0) is 24.1 Å². The van der Waals surface area contributed by atoms with Crippen molar-refractivity contribution in [2.24, 2.45) is 0 Å². The van der Waals surface area contributed by atoms with E-state index in [0.29, 0.717) is 5.56 Å². The number of imidazole rings is 1. The minimum atomic E-state index is -2.70. The average Bonchev–Trinajstić information content (AvgIpc) is 3.34. The van der Waals surface area contributed by atoms with E-state index >= 15 is 0 Å². The Balaban J connectivity index is 1.90. The van der Waals surface area contributed by atoms with Crippen LogP contribution in [-0.4, -0.2) is 101 Å². The maximum Gasteiger partial charge on any atom is 0.348 e. The first-order valence-electron chi connectivity index (χ1n) is 11.9. The molecule has 214 valence electrons. The van der Waals surface area contributed by atoms with E-state index in [1.54, 1.807) is 37.3 Å². The van der Waals surface area contributed by atoms with Crippen molar-refractivity contribution in [3.8, 4) is 12.3 Å². The summed E-state index contributed by atoms with van der Waals surface area (Å²) in [7, 11) is 0. The summed E-state index contributed by atoms with van der Waals surface area (Å²) >= 11 is 6.06. The number of carbonyl (C=O) groups is 2. The van der Waals surface area contributed by atoms with Crippen LogP contribution in [0.15, 0.2) is 36.7 Å². The van der Waals surface area contributed by atoms with Gasteiger partial charge in [-0.2, -0.15) is 9.97 Å². The van der Waals surface area contributed by atoms with Crippen molar-refractivity contribution in [3.63, 3.8) is 0 Å². The molecule has 0 aliphatic heterocycles. The van der Waals surface area contributed by atoms with Gasteiger partial charge >= 0.3 is 11.9 Å². The molecule has 0 saturated heterocycles. The number of aliphatic hydroxyl groups is 3. The molecule has 2 aromatic heterocycles. The summed E-state index contributed by atoms with van der Waals surface area (Å²) in [6.07, 6.45) is 0.962. The van der Waals surface area contributed by atoms with Crippen molar-refractivity contribution >= 4 is 40.5 Å². The number of aromatic nitrogens is 4. The van der Waals surface area contributed by atoms with Gasteiger partial charge in [-0.3, -0.25) is 4.57 Å². The molecule has 0 spiro atoms. The number of fused-ring (bicyclic) bond motifs is 1. The van der Waals surface area contributed by atoms with Gasteiger partial charge in [-0.1, -0.05) is 36.3 Å². The number of nitrogens with zero attached hydrogens (tertiary/aromatic N) is 4. The van der Waals surface area contributed by atoms with Crippen LogP contribution in [0.2, 0.25) is 5.28 Å². The highest BCUT2D eigenvalue weighted by molar-refractivity contribution is 6.28. The SMILES string of the molecule is C#C[C@@H](O)[C@@H](O[C@@H](CO)COC(Cc1ccccc1)(C(=O)O)C(=O)O)n1cnc2c(NC[C@H](C)O)nc(Cl)nc21. The first-order chi connectivity index (χ1) is 19.0. The number of aliphatic carboxylic acids is 2. The maximum absolute atomic E-state index is 12.1. The molecule has 0 aliphatic carbocycles. The van der Waals surface area contributed by atoms with Gasteiger partial charge in [0.2, 0.25) is 5.28 Å². The Bertz CT molecular complexity index is 1350. The molecule has 15 heteroatoms. The van der Waals surface area contributed by atoms with E-state index in [9.17, 15) is 35.1 Å². The van der Waals surface area contributed by atoms with Crippen molar-refractivity contribution in [2.45, 2.75) is 43.5 Å². The van der Waals surface area contributed by atoms with Crippen molar-refractivity contribution in [1.29, 1.82) is 0 Å². The molecule has 14 nitrogen and oxygen atoms in total. The second kappa shape index (κ2) is 13.5. The predicted molar refractivity (Wildman–Crippen MR) is 140 cm³/mol. The third kappa shape index (κ3) is 7.02. The molecule has 6 N–H and O–H groups in total. The molecule has 3 rings (SSSR count). The Morgan fingerprint density at radius 3 is 2.45 bits per heavy atom. The fourth-order valence-corrected chi connectivity index (χ4v) is 3.85. The number of nitrogens with one attached hydrogen (secondary N) is 1. The molecule has 2 heterocycles. The lowest BCUT2D eigenvalue weighted by molar-refractivity contribution is -0.195. The van der Waals surface area contributed by atoms with Gasteiger partial charge in [0, 0.05) is 13.0 Å². The Kier molecular flexibility index (Phi) is 10.3. The number of ether oxygens (including phenoxy) is 2. The first kappa shape index (κ1) is 30.7. The third-order valence-electron chi connectivity index (χ3n) is 5.71. The molecular formula is C25H28ClN5O9. The zero-order valence-electron chi connectivity index (χ0n) is 21.2. The third-order valence-corrected chi connectivity index (χ3v) is 5.88. The quantitative estimate of drug-likeness (QED) is 0.0817. The number of rotatable bonds is 15. The molecule has 1 aromatic carbocycles. The standard InChI is InChI=1S/C25H28ClN5O9/c1-3-17(34)21(31-13-28-18-19(27-10-14(2)33)29-24(26)30-20(18)31)40-16(11-32)12-39-25(22(35)36,23(37)38)9-15-7-5-4-6-8-15/h1,4-8,13-14,16-17,21,32-34H,9-12H2,2H3,(H,35,36)(H,37,38)(H,27,29,30)/t14-,16-,17+,21+/m0/s1. The van der Waals surface area contributed by atoms with Crippen molar-refractivity contribution in [1.82, 2.24) is 19.5 Å². The summed E-state index contributed by atoms with van der Waals surface area (Å²) in [4.78, 5) is 36.6. The summed E-state index contributed by atoms with van der Waals surface area (Å²) in [5.41, 5.74) is -2.06.